The molecule has 3 nitrogen and oxygen atoms in total. The van der Waals surface area contributed by atoms with Crippen molar-refractivity contribution in [3.05, 3.63) is 35.9 Å². The fourth-order valence-corrected chi connectivity index (χ4v) is 2.84. The van der Waals surface area contributed by atoms with E-state index in [2.05, 4.69) is 41.0 Å². The van der Waals surface area contributed by atoms with Crippen molar-refractivity contribution in [3.8, 4) is 0 Å². The van der Waals surface area contributed by atoms with E-state index in [0.717, 1.165) is 19.6 Å². The summed E-state index contributed by atoms with van der Waals surface area (Å²) in [4.78, 5) is 11.9. The lowest BCUT2D eigenvalue weighted by molar-refractivity contribution is -0.126. The number of carbonyl (C=O) groups excluding carboxylic acids is 1. The molecule has 4 heteroatoms. The lowest BCUT2D eigenvalue weighted by Crippen LogP contribution is -2.54. The van der Waals surface area contributed by atoms with Gasteiger partial charge in [-0.1, -0.05) is 36.8 Å². The Morgan fingerprint density at radius 1 is 1.26 bits per heavy atom. The Labute approximate surface area is 120 Å². The Morgan fingerprint density at radius 2 is 1.95 bits per heavy atom. The van der Waals surface area contributed by atoms with E-state index in [9.17, 15) is 4.79 Å². The van der Waals surface area contributed by atoms with E-state index in [1.807, 2.05) is 0 Å². The monoisotopic (exact) mass is 280 g/mol. The van der Waals surface area contributed by atoms with E-state index < -0.39 is 0 Å². The third-order valence-corrected chi connectivity index (χ3v) is 4.45. The number of rotatable bonds is 4. The molecule has 1 saturated carbocycles. The van der Waals surface area contributed by atoms with Gasteiger partial charge in [-0.05, 0) is 18.4 Å². The predicted octanol–water partition coefficient (Wildman–Crippen LogP) is 1.87. The van der Waals surface area contributed by atoms with Crippen molar-refractivity contribution in [1.29, 1.82) is 0 Å². The highest BCUT2D eigenvalue weighted by Crippen LogP contribution is 2.43. The maximum Gasteiger partial charge on any atom is 0.225 e. The molecular weight excluding hydrogens is 260 g/mol. The Kier molecular flexibility index (Phi) is 4.48. The minimum atomic E-state index is 0. The van der Waals surface area contributed by atoms with Crippen molar-refractivity contribution < 1.29 is 4.79 Å². The minimum Gasteiger partial charge on any atom is -0.355 e. The molecule has 0 spiro atoms. The van der Waals surface area contributed by atoms with Crippen molar-refractivity contribution in [2.75, 3.05) is 19.6 Å². The SMILES string of the molecule is Cl.O=C(NCC1(c2ccccc2)CCC1)C1CNC1. The molecule has 104 valence electrons. The maximum atomic E-state index is 11.9. The van der Waals surface area contributed by atoms with Crippen LogP contribution in [0.5, 0.6) is 0 Å². The van der Waals surface area contributed by atoms with Crippen LogP contribution in [0, 0.1) is 5.92 Å². The second-order valence-electron chi connectivity index (χ2n) is 5.57. The van der Waals surface area contributed by atoms with Crippen LogP contribution in [0.15, 0.2) is 30.3 Å². The lowest BCUT2D eigenvalue weighted by Gasteiger charge is -2.43. The third-order valence-electron chi connectivity index (χ3n) is 4.45. The van der Waals surface area contributed by atoms with Crippen LogP contribution in [-0.4, -0.2) is 25.5 Å². The summed E-state index contributed by atoms with van der Waals surface area (Å²) in [7, 11) is 0. The number of halogens is 1. The first-order valence-electron chi connectivity index (χ1n) is 6.84. The summed E-state index contributed by atoms with van der Waals surface area (Å²) in [5, 5.41) is 6.29. The van der Waals surface area contributed by atoms with Crippen LogP contribution in [0.1, 0.15) is 24.8 Å². The zero-order chi connectivity index (χ0) is 12.4. The highest BCUT2D eigenvalue weighted by Gasteiger charge is 2.39. The van der Waals surface area contributed by atoms with Crippen molar-refractivity contribution >= 4 is 18.3 Å². The van der Waals surface area contributed by atoms with Crippen LogP contribution in [0.25, 0.3) is 0 Å². The van der Waals surface area contributed by atoms with Gasteiger partial charge in [0.2, 0.25) is 5.91 Å². The molecular formula is C15H21ClN2O. The molecule has 1 aromatic rings. The van der Waals surface area contributed by atoms with Gasteiger partial charge in [-0.3, -0.25) is 4.79 Å². The quantitative estimate of drug-likeness (QED) is 0.884. The van der Waals surface area contributed by atoms with Gasteiger partial charge in [0.1, 0.15) is 0 Å². The number of hydrogen-bond donors (Lipinski definition) is 2. The molecule has 0 radical (unpaired) electrons. The average Bonchev–Trinajstić information content (AvgIpc) is 2.26. The Balaban J connectivity index is 0.00000133. The van der Waals surface area contributed by atoms with Crippen LogP contribution >= 0.6 is 12.4 Å². The van der Waals surface area contributed by atoms with Gasteiger partial charge in [0.25, 0.3) is 0 Å². The van der Waals surface area contributed by atoms with Gasteiger partial charge in [0.05, 0.1) is 5.92 Å². The van der Waals surface area contributed by atoms with E-state index >= 15 is 0 Å². The summed E-state index contributed by atoms with van der Waals surface area (Å²) >= 11 is 0. The number of hydrogen-bond acceptors (Lipinski definition) is 2. The van der Waals surface area contributed by atoms with Crippen molar-refractivity contribution in [2.45, 2.75) is 24.7 Å². The molecule has 1 aliphatic heterocycles. The van der Waals surface area contributed by atoms with Crippen molar-refractivity contribution in [1.82, 2.24) is 10.6 Å². The maximum absolute atomic E-state index is 11.9. The summed E-state index contributed by atoms with van der Waals surface area (Å²) in [5.74, 6) is 0.411. The van der Waals surface area contributed by atoms with E-state index in [1.54, 1.807) is 0 Å². The minimum absolute atomic E-state index is 0. The normalized spacial score (nSPS) is 20.6. The number of nitrogens with one attached hydrogen (secondary N) is 2. The summed E-state index contributed by atoms with van der Waals surface area (Å²) in [5.41, 5.74) is 1.58. The number of benzene rings is 1. The molecule has 0 aromatic heterocycles. The van der Waals surface area contributed by atoms with Gasteiger partial charge >= 0.3 is 0 Å². The molecule has 1 heterocycles. The van der Waals surface area contributed by atoms with Crippen molar-refractivity contribution in [3.63, 3.8) is 0 Å². The van der Waals surface area contributed by atoms with Gasteiger partial charge in [-0.15, -0.1) is 12.4 Å². The zero-order valence-electron chi connectivity index (χ0n) is 11.0. The molecule has 2 fully saturated rings. The molecule has 3 rings (SSSR count). The first-order valence-corrected chi connectivity index (χ1v) is 6.84. The smallest absolute Gasteiger partial charge is 0.225 e. The number of carbonyl (C=O) groups is 1. The van der Waals surface area contributed by atoms with Crippen LogP contribution < -0.4 is 10.6 Å². The third kappa shape index (κ3) is 2.77. The first-order chi connectivity index (χ1) is 8.80. The van der Waals surface area contributed by atoms with Crippen molar-refractivity contribution in [2.24, 2.45) is 5.92 Å². The Hall–Kier alpha value is -1.06. The molecule has 1 aromatic carbocycles. The van der Waals surface area contributed by atoms with Crippen LogP contribution in [-0.2, 0) is 10.2 Å². The van der Waals surface area contributed by atoms with Gasteiger partial charge in [-0.2, -0.15) is 0 Å². The van der Waals surface area contributed by atoms with Gasteiger partial charge < -0.3 is 10.6 Å². The zero-order valence-corrected chi connectivity index (χ0v) is 11.8. The van der Waals surface area contributed by atoms with Crippen LogP contribution in [0.3, 0.4) is 0 Å². The summed E-state index contributed by atoms with van der Waals surface area (Å²) in [6.07, 6.45) is 3.66. The van der Waals surface area contributed by atoms with Gasteiger partial charge in [0.15, 0.2) is 0 Å². The number of amides is 1. The molecule has 0 atom stereocenters. The Morgan fingerprint density at radius 3 is 2.42 bits per heavy atom. The molecule has 1 amide bonds. The predicted molar refractivity (Wildman–Crippen MR) is 78.6 cm³/mol. The Bertz CT molecular complexity index is 427. The van der Waals surface area contributed by atoms with E-state index in [0.29, 0.717) is 0 Å². The summed E-state index contributed by atoms with van der Waals surface area (Å²) in [6, 6.07) is 10.6. The van der Waals surface area contributed by atoms with Crippen LogP contribution in [0.4, 0.5) is 0 Å². The standard InChI is InChI=1S/C15H20N2O.ClH/c18-14(12-9-16-10-12)17-11-15(7-4-8-15)13-5-2-1-3-6-13;/h1-3,5-6,12,16H,4,7-11H2,(H,17,18);1H. The molecule has 2 N–H and O–H groups in total. The molecule has 0 bridgehead atoms. The van der Waals surface area contributed by atoms with Gasteiger partial charge in [0, 0.05) is 25.0 Å². The fourth-order valence-electron chi connectivity index (χ4n) is 2.84. The first kappa shape index (κ1) is 14.4. The molecule has 1 aliphatic carbocycles. The van der Waals surface area contributed by atoms with E-state index in [1.165, 1.54) is 24.8 Å². The summed E-state index contributed by atoms with van der Waals surface area (Å²) < 4.78 is 0. The topological polar surface area (TPSA) is 41.1 Å². The molecule has 19 heavy (non-hydrogen) atoms. The average molecular weight is 281 g/mol. The largest absolute Gasteiger partial charge is 0.355 e. The van der Waals surface area contributed by atoms with E-state index in [-0.39, 0.29) is 29.6 Å². The molecule has 1 saturated heterocycles. The molecule has 0 unspecified atom stereocenters. The van der Waals surface area contributed by atoms with E-state index in [4.69, 9.17) is 0 Å². The van der Waals surface area contributed by atoms with Gasteiger partial charge in [-0.25, -0.2) is 0 Å². The summed E-state index contributed by atoms with van der Waals surface area (Å²) in [6.45, 7) is 2.47. The second kappa shape index (κ2) is 5.93. The lowest BCUT2D eigenvalue weighted by atomic mass is 9.64. The second-order valence-corrected chi connectivity index (χ2v) is 5.57. The highest BCUT2D eigenvalue weighted by molar-refractivity contribution is 5.85. The fraction of sp³-hybridized carbons (Fsp3) is 0.533. The molecule has 2 aliphatic rings. The highest BCUT2D eigenvalue weighted by atomic mass is 35.5. The van der Waals surface area contributed by atoms with Crippen LogP contribution in [0.2, 0.25) is 0 Å².